The van der Waals surface area contributed by atoms with Gasteiger partial charge < -0.3 is 15.4 Å². The van der Waals surface area contributed by atoms with E-state index in [9.17, 15) is 23.5 Å². The monoisotopic (exact) mass is 497 g/mol. The average molecular weight is 498 g/mol. The summed E-state index contributed by atoms with van der Waals surface area (Å²) in [5, 5.41) is 12.7. The van der Waals surface area contributed by atoms with E-state index in [1.165, 1.54) is 21.4 Å². The molecule has 0 aliphatic carbocycles. The molecule has 35 heavy (non-hydrogen) atoms. The Balaban J connectivity index is 1.59. The molecule has 1 unspecified atom stereocenters. The van der Waals surface area contributed by atoms with Crippen molar-refractivity contribution in [3.8, 4) is 5.69 Å². The second kappa shape index (κ2) is 10.0. The standard InChI is InChI=1S/C22H23N7O5S/c1-13(2)29(35(33)34)18-11-23-12-25-19(18)26-17(21(30)31)10-14-5-7-15(8-6-14)28-20-16(27-22(28)32)4-3-9-24-20/h3-9,11-13,17H,10H2,1-2H3,(H,27,32)(H,30,31)(H,33,34)(H,23,25,26)/t17-/m0/s1. The highest BCUT2D eigenvalue weighted by Gasteiger charge is 2.25. The van der Waals surface area contributed by atoms with Crippen LogP contribution in [0, 0.1) is 0 Å². The first kappa shape index (κ1) is 24.0. The predicted molar refractivity (Wildman–Crippen MR) is 131 cm³/mol. The summed E-state index contributed by atoms with van der Waals surface area (Å²) in [7, 11) is 0. The van der Waals surface area contributed by atoms with E-state index in [1.54, 1.807) is 56.4 Å². The molecule has 4 N–H and O–H groups in total. The molecule has 0 radical (unpaired) electrons. The van der Waals surface area contributed by atoms with Crippen LogP contribution in [-0.2, 0) is 22.5 Å². The number of anilines is 2. The van der Waals surface area contributed by atoms with Crippen molar-refractivity contribution in [2.75, 3.05) is 9.62 Å². The zero-order chi connectivity index (χ0) is 25.1. The van der Waals surface area contributed by atoms with E-state index in [0.717, 1.165) is 0 Å². The molecule has 13 heteroatoms. The van der Waals surface area contributed by atoms with Crippen LogP contribution in [0.25, 0.3) is 16.9 Å². The van der Waals surface area contributed by atoms with Crippen LogP contribution in [0.3, 0.4) is 0 Å². The van der Waals surface area contributed by atoms with Gasteiger partial charge in [-0.2, -0.15) is 0 Å². The number of pyridine rings is 1. The number of hydrogen-bond donors (Lipinski definition) is 4. The van der Waals surface area contributed by atoms with E-state index >= 15 is 0 Å². The van der Waals surface area contributed by atoms with E-state index in [0.29, 0.717) is 22.4 Å². The van der Waals surface area contributed by atoms with Crippen LogP contribution in [0.15, 0.2) is 59.9 Å². The predicted octanol–water partition coefficient (Wildman–Crippen LogP) is 1.96. The number of rotatable bonds is 9. The number of nitrogens with zero attached hydrogens (tertiary/aromatic N) is 5. The lowest BCUT2D eigenvalue weighted by atomic mass is 10.1. The molecular weight excluding hydrogens is 474 g/mol. The van der Waals surface area contributed by atoms with E-state index in [1.807, 2.05) is 0 Å². The van der Waals surface area contributed by atoms with Gasteiger partial charge in [0.15, 0.2) is 11.5 Å². The van der Waals surface area contributed by atoms with Crippen molar-refractivity contribution in [2.45, 2.75) is 32.4 Å². The normalized spacial score (nSPS) is 13.0. The summed E-state index contributed by atoms with van der Waals surface area (Å²) in [5.74, 6) is -1.01. The number of carboxylic acid groups (broad SMARTS) is 1. The summed E-state index contributed by atoms with van der Waals surface area (Å²) in [6, 6.07) is 8.90. The van der Waals surface area contributed by atoms with Crippen molar-refractivity contribution >= 4 is 39.9 Å². The smallest absolute Gasteiger partial charge is 0.332 e. The number of fused-ring (bicyclic) bond motifs is 1. The summed E-state index contributed by atoms with van der Waals surface area (Å²) >= 11 is -2.36. The zero-order valence-electron chi connectivity index (χ0n) is 18.8. The van der Waals surface area contributed by atoms with Crippen LogP contribution in [-0.4, -0.2) is 56.4 Å². The molecule has 4 aromatic rings. The van der Waals surface area contributed by atoms with Crippen molar-refractivity contribution < 1.29 is 18.7 Å². The molecule has 1 aromatic carbocycles. The number of carbonyl (C=O) groups is 1. The van der Waals surface area contributed by atoms with Gasteiger partial charge in [-0.05, 0) is 43.7 Å². The lowest BCUT2D eigenvalue weighted by Crippen LogP contribution is -2.36. The first-order valence-electron chi connectivity index (χ1n) is 10.6. The Labute approximate surface area is 202 Å². The molecule has 3 aromatic heterocycles. The fourth-order valence-electron chi connectivity index (χ4n) is 3.70. The van der Waals surface area contributed by atoms with Gasteiger partial charge >= 0.3 is 11.7 Å². The maximum absolute atomic E-state index is 12.4. The molecule has 0 amide bonds. The number of nitrogens with one attached hydrogen (secondary N) is 2. The second-order valence-electron chi connectivity index (χ2n) is 7.95. The molecule has 2 atom stereocenters. The molecule has 0 fully saturated rings. The Bertz CT molecular complexity index is 1430. The lowest BCUT2D eigenvalue weighted by Gasteiger charge is -2.26. The average Bonchev–Trinajstić information content (AvgIpc) is 3.15. The van der Waals surface area contributed by atoms with Crippen LogP contribution in [0.4, 0.5) is 11.5 Å². The van der Waals surface area contributed by atoms with Crippen LogP contribution < -0.4 is 15.3 Å². The van der Waals surface area contributed by atoms with E-state index < -0.39 is 23.3 Å². The number of aliphatic carboxylic acids is 1. The van der Waals surface area contributed by atoms with Crippen LogP contribution in [0.5, 0.6) is 0 Å². The number of hydrogen-bond acceptors (Lipinski definition) is 7. The minimum Gasteiger partial charge on any atom is -0.480 e. The van der Waals surface area contributed by atoms with E-state index in [4.69, 9.17) is 0 Å². The second-order valence-corrected chi connectivity index (χ2v) is 8.81. The first-order valence-corrected chi connectivity index (χ1v) is 11.7. The van der Waals surface area contributed by atoms with Gasteiger partial charge in [-0.3, -0.25) is 8.86 Å². The highest BCUT2D eigenvalue weighted by atomic mass is 32.2. The number of imidazole rings is 1. The molecule has 0 spiro atoms. The van der Waals surface area contributed by atoms with Gasteiger partial charge in [0.05, 0.1) is 17.4 Å². The molecule has 182 valence electrons. The molecule has 12 nitrogen and oxygen atoms in total. The number of aromatic amines is 1. The zero-order valence-corrected chi connectivity index (χ0v) is 19.6. The number of H-pyrrole nitrogens is 1. The fraction of sp³-hybridized carbons (Fsp3) is 0.227. The topological polar surface area (TPSA) is 166 Å². The third-order valence-corrected chi connectivity index (χ3v) is 6.21. The van der Waals surface area contributed by atoms with Crippen molar-refractivity contribution in [3.63, 3.8) is 0 Å². The summed E-state index contributed by atoms with van der Waals surface area (Å²) in [6.45, 7) is 3.44. The van der Waals surface area contributed by atoms with Gasteiger partial charge in [0.25, 0.3) is 11.3 Å². The maximum atomic E-state index is 12.4. The molecule has 0 saturated carbocycles. The number of carboxylic acids is 1. The molecule has 0 bridgehead atoms. The third-order valence-electron chi connectivity index (χ3n) is 5.25. The van der Waals surface area contributed by atoms with E-state index in [2.05, 4.69) is 25.3 Å². The summed E-state index contributed by atoms with van der Waals surface area (Å²) < 4.78 is 24.2. The SMILES string of the molecule is CC(C)N(c1cncnc1N[C@@H](Cc1ccc(-n2c(=O)[nH]c3cccnc32)cc1)C(=O)O)S(=O)O. The number of benzene rings is 1. The van der Waals surface area contributed by atoms with Gasteiger partial charge in [-0.25, -0.2) is 33.3 Å². The first-order chi connectivity index (χ1) is 16.8. The van der Waals surface area contributed by atoms with Gasteiger partial charge in [-0.15, -0.1) is 0 Å². The quantitative estimate of drug-likeness (QED) is 0.253. The number of aromatic nitrogens is 5. The lowest BCUT2D eigenvalue weighted by molar-refractivity contribution is -0.137. The highest BCUT2D eigenvalue weighted by Crippen LogP contribution is 2.26. The summed E-state index contributed by atoms with van der Waals surface area (Å²) in [5.41, 5.74) is 2.25. The largest absolute Gasteiger partial charge is 0.480 e. The van der Waals surface area contributed by atoms with Gasteiger partial charge in [0, 0.05) is 18.7 Å². The third kappa shape index (κ3) is 5.05. The van der Waals surface area contributed by atoms with Gasteiger partial charge in [-0.1, -0.05) is 12.1 Å². The molecule has 3 heterocycles. The molecular formula is C22H23N7O5S. The molecule has 0 aliphatic rings. The summed E-state index contributed by atoms with van der Waals surface area (Å²) in [6.07, 6.45) is 4.26. The van der Waals surface area contributed by atoms with Crippen molar-refractivity contribution in [1.29, 1.82) is 0 Å². The van der Waals surface area contributed by atoms with Gasteiger partial charge in [0.2, 0.25) is 0 Å². The van der Waals surface area contributed by atoms with Crippen molar-refractivity contribution in [1.82, 2.24) is 24.5 Å². The Morgan fingerprint density at radius 3 is 2.63 bits per heavy atom. The Morgan fingerprint density at radius 2 is 1.97 bits per heavy atom. The van der Waals surface area contributed by atoms with E-state index in [-0.39, 0.29) is 29.7 Å². The minimum absolute atomic E-state index is 0.0873. The van der Waals surface area contributed by atoms with Crippen molar-refractivity contribution in [2.24, 2.45) is 0 Å². The Kier molecular flexibility index (Phi) is 6.89. The molecule has 4 rings (SSSR count). The fourth-order valence-corrected chi connectivity index (χ4v) is 4.36. The Morgan fingerprint density at radius 1 is 1.23 bits per heavy atom. The van der Waals surface area contributed by atoms with Crippen LogP contribution in [0.2, 0.25) is 0 Å². The van der Waals surface area contributed by atoms with Gasteiger partial charge in [0.1, 0.15) is 18.1 Å². The van der Waals surface area contributed by atoms with Crippen LogP contribution >= 0.6 is 0 Å². The molecule has 0 aliphatic heterocycles. The Hall–Kier alpha value is -4.10. The maximum Gasteiger partial charge on any atom is 0.332 e. The molecule has 0 saturated heterocycles. The van der Waals surface area contributed by atoms with Crippen LogP contribution in [0.1, 0.15) is 19.4 Å². The summed E-state index contributed by atoms with van der Waals surface area (Å²) in [4.78, 5) is 39.4. The van der Waals surface area contributed by atoms with Crippen molar-refractivity contribution in [3.05, 3.63) is 71.2 Å². The minimum atomic E-state index is -2.36. The highest BCUT2D eigenvalue weighted by molar-refractivity contribution is 7.80.